The molecular formula is C27H23BrN2O6. The molecule has 1 amide bonds. The number of pyridine rings is 1. The standard InChI is InChI=1S/C27H23BrN2O6/c1-14-8-17-9-16(5-6-20(17)36-14)24(31)22-23(18-10-19(28)25(32)21(11-18)35-2)30(27(34)26(22)33)13-15-4-3-7-29-12-15/h3-7,9-12,14,23,31-32H,8,13H2,1-2H3. The number of methoxy groups -OCH3 is 1. The summed E-state index contributed by atoms with van der Waals surface area (Å²) in [4.78, 5) is 30.9. The summed E-state index contributed by atoms with van der Waals surface area (Å²) in [5.41, 5.74) is 2.26. The summed E-state index contributed by atoms with van der Waals surface area (Å²) in [5.74, 6) is -1.40. The minimum Gasteiger partial charge on any atom is -0.872 e. The first-order chi connectivity index (χ1) is 17.3. The monoisotopic (exact) mass is 550 g/mol. The third kappa shape index (κ3) is 4.09. The van der Waals surface area contributed by atoms with Gasteiger partial charge in [0.15, 0.2) is 23.9 Å². The number of hydrogen-bond donors (Lipinski definition) is 1. The Kier molecular flexibility index (Phi) is 6.17. The van der Waals surface area contributed by atoms with Crippen LogP contribution in [0, 0.1) is 0 Å². The lowest BCUT2D eigenvalue weighted by atomic mass is 9.94. The number of phenolic OH excluding ortho intramolecular Hbond substituents is 1. The van der Waals surface area contributed by atoms with Crippen molar-refractivity contribution in [3.05, 3.63) is 87.2 Å². The molecule has 1 aromatic heterocycles. The quantitative estimate of drug-likeness (QED) is 0.297. The van der Waals surface area contributed by atoms with E-state index in [0.29, 0.717) is 27.8 Å². The summed E-state index contributed by atoms with van der Waals surface area (Å²) < 4.78 is 11.3. The number of benzene rings is 2. The van der Waals surface area contributed by atoms with Crippen molar-refractivity contribution < 1.29 is 34.3 Å². The average Bonchev–Trinajstić information content (AvgIpc) is 3.37. The Labute approximate surface area is 215 Å². The number of aromatic amines is 1. The van der Waals surface area contributed by atoms with E-state index in [0.717, 1.165) is 11.1 Å². The number of hydrogen-bond acceptors (Lipinski definition) is 6. The van der Waals surface area contributed by atoms with Crippen LogP contribution in [0.25, 0.3) is 5.76 Å². The molecule has 9 heteroatoms. The van der Waals surface area contributed by atoms with Crippen LogP contribution in [0.1, 0.15) is 35.2 Å². The number of ketones is 1. The van der Waals surface area contributed by atoms with Crippen LogP contribution in [-0.2, 0) is 22.6 Å². The highest BCUT2D eigenvalue weighted by molar-refractivity contribution is 9.10. The Bertz CT molecular complexity index is 1400. The first-order valence-corrected chi connectivity index (χ1v) is 12.2. The number of aromatic hydroxyl groups is 1. The van der Waals surface area contributed by atoms with Crippen molar-refractivity contribution in [2.24, 2.45) is 0 Å². The minimum atomic E-state index is -0.980. The van der Waals surface area contributed by atoms with Crippen molar-refractivity contribution >= 4 is 33.4 Å². The van der Waals surface area contributed by atoms with Crippen LogP contribution in [0.5, 0.6) is 17.2 Å². The Hall–Kier alpha value is -3.85. The molecule has 3 aromatic rings. The van der Waals surface area contributed by atoms with Crippen molar-refractivity contribution in [2.45, 2.75) is 32.0 Å². The zero-order chi connectivity index (χ0) is 25.6. The molecule has 5 rings (SSSR count). The molecular weight excluding hydrogens is 528 g/mol. The molecule has 184 valence electrons. The number of nitrogens with one attached hydrogen (secondary N) is 1. The molecule has 2 aliphatic rings. The number of Topliss-reactive ketones (excluding diaryl/α,β-unsaturated/α-hetero) is 1. The number of H-pyrrole nitrogens is 1. The second-order valence-corrected chi connectivity index (χ2v) is 9.68. The fourth-order valence-corrected chi connectivity index (χ4v) is 5.19. The maximum atomic E-state index is 13.8. The highest BCUT2D eigenvalue weighted by Crippen LogP contribution is 2.44. The highest BCUT2D eigenvalue weighted by Gasteiger charge is 2.44. The van der Waals surface area contributed by atoms with Crippen LogP contribution >= 0.6 is 15.9 Å². The van der Waals surface area contributed by atoms with Gasteiger partial charge in [-0.3, -0.25) is 9.59 Å². The summed E-state index contributed by atoms with van der Waals surface area (Å²) >= 11 is 3.31. The first kappa shape index (κ1) is 23.9. The number of halogens is 1. The number of rotatable bonds is 5. The number of ether oxygens (including phenoxy) is 2. The Balaban J connectivity index is 1.68. The van der Waals surface area contributed by atoms with Crippen molar-refractivity contribution in [2.75, 3.05) is 7.11 Å². The molecule has 3 heterocycles. The molecule has 2 N–H and O–H groups in total. The zero-order valence-electron chi connectivity index (χ0n) is 19.6. The summed E-state index contributed by atoms with van der Waals surface area (Å²) in [5, 5.41) is 24.1. The second kappa shape index (κ2) is 9.31. The zero-order valence-corrected chi connectivity index (χ0v) is 21.2. The van der Waals surface area contributed by atoms with E-state index in [4.69, 9.17) is 9.47 Å². The van der Waals surface area contributed by atoms with E-state index in [2.05, 4.69) is 20.9 Å². The van der Waals surface area contributed by atoms with Crippen LogP contribution in [0.4, 0.5) is 0 Å². The van der Waals surface area contributed by atoms with Gasteiger partial charge in [0.1, 0.15) is 11.9 Å². The molecule has 1 saturated heterocycles. The number of phenols is 1. The minimum absolute atomic E-state index is 0.000392. The smallest absolute Gasteiger partial charge is 0.295 e. The molecule has 2 aliphatic heterocycles. The van der Waals surface area contributed by atoms with Gasteiger partial charge in [-0.05, 0) is 69.9 Å². The van der Waals surface area contributed by atoms with Crippen LogP contribution in [0.15, 0.2) is 64.9 Å². The van der Waals surface area contributed by atoms with Gasteiger partial charge in [-0.25, -0.2) is 4.98 Å². The second-order valence-electron chi connectivity index (χ2n) is 8.83. The molecule has 0 radical (unpaired) electrons. The SMILES string of the molecule is COc1cc(C2C(=C([O-])c3ccc4c(c3)CC(C)O4)C(=O)C(=O)N2Cc2ccc[nH+]c2)cc(Br)c1O. The number of amides is 1. The van der Waals surface area contributed by atoms with E-state index in [9.17, 15) is 19.8 Å². The van der Waals surface area contributed by atoms with Crippen LogP contribution in [0.3, 0.4) is 0 Å². The van der Waals surface area contributed by atoms with E-state index in [-0.39, 0.29) is 29.7 Å². The van der Waals surface area contributed by atoms with Crippen molar-refractivity contribution in [3.63, 3.8) is 0 Å². The molecule has 36 heavy (non-hydrogen) atoms. The average molecular weight is 551 g/mol. The van der Waals surface area contributed by atoms with Crippen molar-refractivity contribution in [1.82, 2.24) is 4.90 Å². The first-order valence-electron chi connectivity index (χ1n) is 11.4. The van der Waals surface area contributed by atoms with Gasteiger partial charge in [0.2, 0.25) is 5.78 Å². The molecule has 2 atom stereocenters. The van der Waals surface area contributed by atoms with Gasteiger partial charge in [-0.1, -0.05) is 11.8 Å². The molecule has 0 saturated carbocycles. The molecule has 0 bridgehead atoms. The van der Waals surface area contributed by atoms with E-state index in [1.54, 1.807) is 42.7 Å². The predicted octanol–water partition coefficient (Wildman–Crippen LogP) is 2.73. The Morgan fingerprint density at radius 2 is 2.08 bits per heavy atom. The summed E-state index contributed by atoms with van der Waals surface area (Å²) in [7, 11) is 1.40. The summed E-state index contributed by atoms with van der Waals surface area (Å²) in [6.07, 6.45) is 4.12. The van der Waals surface area contributed by atoms with Gasteiger partial charge in [0.05, 0.1) is 24.2 Å². The van der Waals surface area contributed by atoms with Gasteiger partial charge in [0, 0.05) is 23.6 Å². The molecule has 2 aromatic carbocycles. The van der Waals surface area contributed by atoms with Crippen LogP contribution in [-0.4, -0.2) is 34.9 Å². The Morgan fingerprint density at radius 1 is 1.28 bits per heavy atom. The number of likely N-dealkylation sites (tertiary alicyclic amines) is 1. The maximum Gasteiger partial charge on any atom is 0.295 e. The maximum absolute atomic E-state index is 13.8. The number of nitrogens with zero attached hydrogens (tertiary/aromatic N) is 1. The molecule has 0 spiro atoms. The topological polar surface area (TPSA) is 113 Å². The molecule has 2 unspecified atom stereocenters. The normalized spacial score (nSPS) is 20.4. The van der Waals surface area contributed by atoms with E-state index >= 15 is 0 Å². The van der Waals surface area contributed by atoms with Gasteiger partial charge >= 0.3 is 0 Å². The number of carbonyl (C=O) groups excluding carboxylic acids is 2. The van der Waals surface area contributed by atoms with Crippen molar-refractivity contribution in [1.29, 1.82) is 0 Å². The number of fused-ring (bicyclic) bond motifs is 1. The van der Waals surface area contributed by atoms with E-state index in [1.807, 2.05) is 13.0 Å². The summed E-state index contributed by atoms with van der Waals surface area (Å²) in [6, 6.07) is 10.8. The van der Waals surface area contributed by atoms with E-state index in [1.165, 1.54) is 18.1 Å². The van der Waals surface area contributed by atoms with Crippen LogP contribution in [0.2, 0.25) is 0 Å². The van der Waals surface area contributed by atoms with Gasteiger partial charge < -0.3 is 24.6 Å². The largest absolute Gasteiger partial charge is 0.872 e. The fourth-order valence-electron chi connectivity index (χ4n) is 4.73. The highest BCUT2D eigenvalue weighted by atomic mass is 79.9. The van der Waals surface area contributed by atoms with Gasteiger partial charge in [-0.2, -0.15) is 0 Å². The fraction of sp³-hybridized carbons (Fsp3) is 0.222. The lowest BCUT2D eigenvalue weighted by Gasteiger charge is -2.28. The summed E-state index contributed by atoms with van der Waals surface area (Å²) in [6.45, 7) is 2.04. The third-order valence-electron chi connectivity index (χ3n) is 6.40. The molecule has 1 fully saturated rings. The predicted molar refractivity (Wildman–Crippen MR) is 131 cm³/mol. The van der Waals surface area contributed by atoms with E-state index < -0.39 is 23.5 Å². The van der Waals surface area contributed by atoms with Crippen molar-refractivity contribution in [3.8, 4) is 17.2 Å². The lowest BCUT2D eigenvalue weighted by molar-refractivity contribution is -0.378. The van der Waals surface area contributed by atoms with Gasteiger partial charge in [-0.15, -0.1) is 0 Å². The van der Waals surface area contributed by atoms with Gasteiger partial charge in [0.25, 0.3) is 5.91 Å². The number of aromatic nitrogens is 1. The Morgan fingerprint density at radius 3 is 2.81 bits per heavy atom. The van der Waals surface area contributed by atoms with Crippen LogP contribution < -0.4 is 19.6 Å². The number of carbonyl (C=O) groups is 2. The molecule has 0 aliphatic carbocycles. The lowest BCUT2D eigenvalue weighted by Crippen LogP contribution is -2.29. The third-order valence-corrected chi connectivity index (χ3v) is 7.00. The molecule has 8 nitrogen and oxygen atoms in total.